The van der Waals surface area contributed by atoms with Crippen LogP contribution in [0, 0.1) is 13.8 Å². The van der Waals surface area contributed by atoms with Crippen molar-refractivity contribution in [3.8, 4) is 0 Å². The number of rotatable bonds is 5. The number of hydrogen-bond acceptors (Lipinski definition) is 4. The number of aryl methyl sites for hydroxylation is 2. The van der Waals surface area contributed by atoms with Crippen molar-refractivity contribution in [3.05, 3.63) is 15.6 Å². The Kier molecular flexibility index (Phi) is 4.22. The second kappa shape index (κ2) is 5.22. The van der Waals surface area contributed by atoms with Gasteiger partial charge in [0.1, 0.15) is 5.01 Å². The van der Waals surface area contributed by atoms with E-state index < -0.39 is 0 Å². The summed E-state index contributed by atoms with van der Waals surface area (Å²) in [5.74, 6) is 0.209. The molecule has 0 atom stereocenters. The van der Waals surface area contributed by atoms with Crippen molar-refractivity contribution in [1.82, 2.24) is 10.3 Å². The van der Waals surface area contributed by atoms with Gasteiger partial charge in [-0.15, -0.1) is 11.3 Å². The molecule has 0 aliphatic heterocycles. The van der Waals surface area contributed by atoms with Crippen LogP contribution in [-0.4, -0.2) is 23.9 Å². The highest BCUT2D eigenvalue weighted by Gasteiger charge is 2.08. The molecule has 0 radical (unpaired) electrons. The Morgan fingerprint density at radius 3 is 2.71 bits per heavy atom. The van der Waals surface area contributed by atoms with Crippen LogP contribution in [0.5, 0.6) is 0 Å². The Morgan fingerprint density at radius 2 is 2.21 bits per heavy atom. The molecule has 0 aromatic carbocycles. The molecule has 1 N–H and O–H groups in total. The van der Waals surface area contributed by atoms with Crippen LogP contribution in [0.3, 0.4) is 0 Å². The summed E-state index contributed by atoms with van der Waals surface area (Å²) in [4.78, 5) is 16.9. The normalized spacial score (nSPS) is 10.5. The highest BCUT2D eigenvalue weighted by Crippen LogP contribution is 2.16. The molecular weight excluding hydrogens is 196 g/mol. The fourth-order valence-electron chi connectivity index (χ4n) is 1.11. The second-order valence-electron chi connectivity index (χ2n) is 3.24. The van der Waals surface area contributed by atoms with Gasteiger partial charge in [0, 0.05) is 4.88 Å². The third kappa shape index (κ3) is 3.20. The van der Waals surface area contributed by atoms with E-state index >= 15 is 0 Å². The lowest BCUT2D eigenvalue weighted by Crippen LogP contribution is -2.23. The molecule has 1 aromatic rings. The van der Waals surface area contributed by atoms with E-state index in [2.05, 4.69) is 10.3 Å². The Hall–Kier alpha value is -0.740. The Balaban J connectivity index is 2.48. The number of carbonyl (C=O) groups is 1. The first-order valence-electron chi connectivity index (χ1n) is 4.78. The van der Waals surface area contributed by atoms with E-state index in [9.17, 15) is 4.79 Å². The first-order valence-corrected chi connectivity index (χ1v) is 5.60. The number of likely N-dealkylation sites (N-methyl/N-ethyl adjacent to an activating group) is 1. The summed E-state index contributed by atoms with van der Waals surface area (Å²) in [6.07, 6.45) is 0.465. The SMILES string of the molecule is CCNCC(=O)Cc1nc(C)c(C)s1. The molecule has 0 amide bonds. The highest BCUT2D eigenvalue weighted by molar-refractivity contribution is 7.11. The molecule has 4 heteroatoms. The Labute approximate surface area is 88.6 Å². The van der Waals surface area contributed by atoms with Gasteiger partial charge in [0.2, 0.25) is 0 Å². The van der Waals surface area contributed by atoms with Crippen LogP contribution in [-0.2, 0) is 11.2 Å². The van der Waals surface area contributed by atoms with Crippen molar-refractivity contribution in [2.45, 2.75) is 27.2 Å². The molecule has 0 unspecified atom stereocenters. The minimum absolute atomic E-state index is 0.209. The highest BCUT2D eigenvalue weighted by atomic mass is 32.1. The van der Waals surface area contributed by atoms with Crippen molar-refractivity contribution in [1.29, 1.82) is 0 Å². The van der Waals surface area contributed by atoms with Crippen LogP contribution in [0.1, 0.15) is 22.5 Å². The van der Waals surface area contributed by atoms with E-state index in [1.807, 2.05) is 20.8 Å². The number of ketones is 1. The largest absolute Gasteiger partial charge is 0.310 e. The van der Waals surface area contributed by atoms with E-state index in [0.29, 0.717) is 13.0 Å². The Morgan fingerprint density at radius 1 is 1.50 bits per heavy atom. The molecule has 0 fully saturated rings. The van der Waals surface area contributed by atoms with Crippen molar-refractivity contribution in [2.75, 3.05) is 13.1 Å². The lowest BCUT2D eigenvalue weighted by atomic mass is 10.3. The molecule has 0 bridgehead atoms. The summed E-state index contributed by atoms with van der Waals surface area (Å²) in [5, 5.41) is 3.95. The van der Waals surface area contributed by atoms with Crippen LogP contribution in [0.15, 0.2) is 0 Å². The predicted octanol–water partition coefficient (Wildman–Crippen LogP) is 1.48. The molecule has 0 spiro atoms. The minimum Gasteiger partial charge on any atom is -0.310 e. The van der Waals surface area contributed by atoms with E-state index in [4.69, 9.17) is 0 Å². The van der Waals surface area contributed by atoms with Gasteiger partial charge in [-0.2, -0.15) is 0 Å². The van der Waals surface area contributed by atoms with Gasteiger partial charge in [0.15, 0.2) is 5.78 Å². The number of Topliss-reactive ketones (excluding diaryl/α,β-unsaturated/α-hetero) is 1. The standard InChI is InChI=1S/C10H16N2OS/c1-4-11-6-9(13)5-10-12-7(2)8(3)14-10/h11H,4-6H2,1-3H3. The number of nitrogens with zero attached hydrogens (tertiary/aromatic N) is 1. The molecule has 1 aromatic heterocycles. The summed E-state index contributed by atoms with van der Waals surface area (Å²) in [7, 11) is 0. The summed E-state index contributed by atoms with van der Waals surface area (Å²) < 4.78 is 0. The molecule has 1 rings (SSSR count). The van der Waals surface area contributed by atoms with E-state index in [-0.39, 0.29) is 5.78 Å². The zero-order chi connectivity index (χ0) is 10.6. The maximum absolute atomic E-state index is 11.4. The van der Waals surface area contributed by atoms with Gasteiger partial charge in [0.25, 0.3) is 0 Å². The fourth-order valence-corrected chi connectivity index (χ4v) is 2.07. The summed E-state index contributed by atoms with van der Waals surface area (Å²) in [5.41, 5.74) is 1.04. The van der Waals surface area contributed by atoms with Crippen LogP contribution in [0.25, 0.3) is 0 Å². The van der Waals surface area contributed by atoms with Crippen molar-refractivity contribution >= 4 is 17.1 Å². The maximum atomic E-state index is 11.4. The van der Waals surface area contributed by atoms with Crippen molar-refractivity contribution in [3.63, 3.8) is 0 Å². The predicted molar refractivity (Wildman–Crippen MR) is 58.8 cm³/mol. The topological polar surface area (TPSA) is 42.0 Å². The van der Waals surface area contributed by atoms with Gasteiger partial charge in [0.05, 0.1) is 18.7 Å². The van der Waals surface area contributed by atoms with E-state index in [0.717, 1.165) is 17.2 Å². The summed E-state index contributed by atoms with van der Waals surface area (Å²) in [6, 6.07) is 0. The average molecular weight is 212 g/mol. The number of nitrogens with one attached hydrogen (secondary N) is 1. The molecule has 0 aliphatic rings. The smallest absolute Gasteiger partial charge is 0.153 e. The maximum Gasteiger partial charge on any atom is 0.153 e. The van der Waals surface area contributed by atoms with Gasteiger partial charge >= 0.3 is 0 Å². The molecule has 1 heterocycles. The third-order valence-corrected chi connectivity index (χ3v) is 3.07. The minimum atomic E-state index is 0.209. The molecule has 78 valence electrons. The van der Waals surface area contributed by atoms with Crippen molar-refractivity contribution in [2.24, 2.45) is 0 Å². The lowest BCUT2D eigenvalue weighted by molar-refractivity contribution is -0.117. The van der Waals surface area contributed by atoms with Gasteiger partial charge < -0.3 is 5.32 Å². The average Bonchev–Trinajstić information content (AvgIpc) is 2.42. The van der Waals surface area contributed by atoms with E-state index in [1.165, 1.54) is 4.88 Å². The van der Waals surface area contributed by atoms with Gasteiger partial charge in [-0.05, 0) is 20.4 Å². The first-order chi connectivity index (χ1) is 6.63. The molecule has 3 nitrogen and oxygen atoms in total. The van der Waals surface area contributed by atoms with Crippen LogP contribution in [0.2, 0.25) is 0 Å². The quantitative estimate of drug-likeness (QED) is 0.804. The van der Waals surface area contributed by atoms with Crippen molar-refractivity contribution < 1.29 is 4.79 Å². The van der Waals surface area contributed by atoms with Crippen LogP contribution >= 0.6 is 11.3 Å². The molecule has 14 heavy (non-hydrogen) atoms. The van der Waals surface area contributed by atoms with Crippen LogP contribution in [0.4, 0.5) is 0 Å². The number of thiazole rings is 1. The number of aromatic nitrogens is 1. The first kappa shape index (κ1) is 11.3. The monoisotopic (exact) mass is 212 g/mol. The summed E-state index contributed by atoms with van der Waals surface area (Å²) in [6.45, 7) is 7.29. The molecule has 0 aliphatic carbocycles. The zero-order valence-corrected chi connectivity index (χ0v) is 9.70. The number of carbonyl (C=O) groups excluding carboxylic acids is 1. The third-order valence-electron chi connectivity index (χ3n) is 1.99. The number of hydrogen-bond donors (Lipinski definition) is 1. The van der Waals surface area contributed by atoms with Gasteiger partial charge in [-0.25, -0.2) is 4.98 Å². The van der Waals surface area contributed by atoms with Crippen LogP contribution < -0.4 is 5.32 Å². The molecule has 0 saturated carbocycles. The fraction of sp³-hybridized carbons (Fsp3) is 0.600. The Bertz CT molecular complexity index is 300. The zero-order valence-electron chi connectivity index (χ0n) is 8.89. The molecule has 0 saturated heterocycles. The van der Waals surface area contributed by atoms with Gasteiger partial charge in [-0.1, -0.05) is 6.92 Å². The summed E-state index contributed by atoms with van der Waals surface area (Å²) >= 11 is 1.62. The lowest BCUT2D eigenvalue weighted by Gasteiger charge is -1.98. The van der Waals surface area contributed by atoms with Gasteiger partial charge in [-0.3, -0.25) is 4.79 Å². The van der Waals surface area contributed by atoms with E-state index in [1.54, 1.807) is 11.3 Å². The second-order valence-corrected chi connectivity index (χ2v) is 4.53. The molecular formula is C10H16N2OS.